The molecule has 0 saturated carbocycles. The molecule has 0 aliphatic rings. The van der Waals surface area contributed by atoms with E-state index in [1.54, 1.807) is 6.07 Å². The van der Waals surface area contributed by atoms with Crippen LogP contribution in [0.1, 0.15) is 48.6 Å². The zero-order chi connectivity index (χ0) is 18.7. The quantitative estimate of drug-likeness (QED) is 0.832. The first-order chi connectivity index (χ1) is 11.7. The summed E-state index contributed by atoms with van der Waals surface area (Å²) in [4.78, 5) is 24.5. The van der Waals surface area contributed by atoms with Crippen LogP contribution in [0, 0.1) is 19.7 Å². The van der Waals surface area contributed by atoms with Crippen LogP contribution in [0.15, 0.2) is 30.3 Å². The number of esters is 1. The molecule has 1 aromatic heterocycles. The molecule has 0 fully saturated rings. The Kier molecular flexibility index (Phi) is 5.62. The zero-order valence-electron chi connectivity index (χ0n) is 15.1. The van der Waals surface area contributed by atoms with E-state index < -0.39 is 23.8 Å². The van der Waals surface area contributed by atoms with Gasteiger partial charge in [0.1, 0.15) is 5.82 Å². The summed E-state index contributed by atoms with van der Waals surface area (Å²) in [5.41, 5.74) is 2.66. The molecule has 2 aromatic rings. The zero-order valence-corrected chi connectivity index (χ0v) is 15.1. The highest BCUT2D eigenvalue weighted by Crippen LogP contribution is 2.21. The first kappa shape index (κ1) is 18.7. The average molecular weight is 346 g/mol. The highest BCUT2D eigenvalue weighted by atomic mass is 19.1. The Morgan fingerprint density at radius 1 is 1.12 bits per heavy atom. The summed E-state index contributed by atoms with van der Waals surface area (Å²) in [6, 6.07) is 7.36. The third-order valence-corrected chi connectivity index (χ3v) is 3.99. The summed E-state index contributed by atoms with van der Waals surface area (Å²) < 4.78 is 20.2. The molecule has 5 nitrogen and oxygen atoms in total. The van der Waals surface area contributed by atoms with Crippen LogP contribution in [0.25, 0.3) is 0 Å². The fourth-order valence-corrected chi connectivity index (χ4v) is 2.83. The molecule has 0 aliphatic heterocycles. The van der Waals surface area contributed by atoms with Gasteiger partial charge in [-0.1, -0.05) is 0 Å². The molecule has 0 bridgehead atoms. The Morgan fingerprint density at radius 3 is 2.24 bits per heavy atom. The van der Waals surface area contributed by atoms with Gasteiger partial charge < -0.3 is 14.6 Å². The van der Waals surface area contributed by atoms with E-state index >= 15 is 0 Å². The van der Waals surface area contributed by atoms with E-state index in [1.165, 1.54) is 31.2 Å². The number of aryl methyl sites for hydroxylation is 1. The maximum absolute atomic E-state index is 12.9. The normalized spacial score (nSPS) is 12.1. The fourth-order valence-electron chi connectivity index (χ4n) is 2.83. The van der Waals surface area contributed by atoms with E-state index in [-0.39, 0.29) is 6.04 Å². The second-order valence-electron chi connectivity index (χ2n) is 6.29. The number of carbonyl (C=O) groups excluding carboxylic acids is 2. The van der Waals surface area contributed by atoms with E-state index in [0.29, 0.717) is 11.3 Å². The van der Waals surface area contributed by atoms with Crippen molar-refractivity contribution >= 4 is 17.6 Å². The fraction of sp³-hybridized carbons (Fsp3) is 0.368. The average Bonchev–Trinajstić information content (AvgIpc) is 2.84. The van der Waals surface area contributed by atoms with E-state index in [2.05, 4.69) is 5.32 Å². The molecule has 6 heteroatoms. The molecule has 0 radical (unpaired) electrons. The minimum absolute atomic E-state index is 0.223. The molecule has 1 aromatic carbocycles. The van der Waals surface area contributed by atoms with Crippen molar-refractivity contribution in [2.75, 3.05) is 5.32 Å². The molecule has 0 unspecified atom stereocenters. The predicted octanol–water partition coefficient (Wildman–Crippen LogP) is 4.01. The van der Waals surface area contributed by atoms with Gasteiger partial charge in [-0.15, -0.1) is 0 Å². The topological polar surface area (TPSA) is 60.3 Å². The third kappa shape index (κ3) is 4.26. The number of halogens is 1. The van der Waals surface area contributed by atoms with Gasteiger partial charge in [-0.05, 0) is 65.0 Å². The van der Waals surface area contributed by atoms with Crippen LogP contribution in [0.3, 0.4) is 0 Å². The molecular weight excluding hydrogens is 323 g/mol. The van der Waals surface area contributed by atoms with Crippen LogP contribution < -0.4 is 5.32 Å². The van der Waals surface area contributed by atoms with E-state index in [1.807, 2.05) is 32.3 Å². The van der Waals surface area contributed by atoms with Crippen LogP contribution in [0.4, 0.5) is 10.1 Å². The van der Waals surface area contributed by atoms with E-state index in [9.17, 15) is 14.0 Å². The van der Waals surface area contributed by atoms with Crippen molar-refractivity contribution in [3.8, 4) is 0 Å². The first-order valence-electron chi connectivity index (χ1n) is 8.16. The van der Waals surface area contributed by atoms with Crippen molar-refractivity contribution < 1.29 is 18.7 Å². The number of benzene rings is 1. The van der Waals surface area contributed by atoms with Gasteiger partial charge in [-0.3, -0.25) is 4.79 Å². The minimum atomic E-state index is -0.973. The molecule has 1 heterocycles. The largest absolute Gasteiger partial charge is 0.449 e. The molecule has 2 rings (SSSR count). The van der Waals surface area contributed by atoms with Gasteiger partial charge in [0.2, 0.25) is 0 Å². The number of carbonyl (C=O) groups is 2. The summed E-state index contributed by atoms with van der Waals surface area (Å²) in [5, 5.41) is 2.59. The molecule has 1 N–H and O–H groups in total. The van der Waals surface area contributed by atoms with Crippen molar-refractivity contribution in [3.63, 3.8) is 0 Å². The van der Waals surface area contributed by atoms with Crippen LogP contribution in [-0.2, 0) is 9.53 Å². The van der Waals surface area contributed by atoms with Crippen molar-refractivity contribution in [2.45, 2.75) is 46.8 Å². The van der Waals surface area contributed by atoms with Crippen molar-refractivity contribution in [2.24, 2.45) is 0 Å². The highest BCUT2D eigenvalue weighted by Gasteiger charge is 2.23. The van der Waals surface area contributed by atoms with Gasteiger partial charge in [-0.2, -0.15) is 0 Å². The summed E-state index contributed by atoms with van der Waals surface area (Å²) in [6.45, 7) is 9.35. The SMILES string of the molecule is Cc1cc(C(=O)O[C@@H](C)C(=O)Nc2ccc(F)cc2)c(C)n1C(C)C. The number of hydrogen-bond donors (Lipinski definition) is 1. The van der Waals surface area contributed by atoms with Crippen molar-refractivity contribution in [1.29, 1.82) is 0 Å². The lowest BCUT2D eigenvalue weighted by molar-refractivity contribution is -0.123. The number of aromatic nitrogens is 1. The molecular formula is C19H23FN2O3. The van der Waals surface area contributed by atoms with Crippen LogP contribution in [0.2, 0.25) is 0 Å². The van der Waals surface area contributed by atoms with E-state index in [0.717, 1.165) is 11.4 Å². The smallest absolute Gasteiger partial charge is 0.340 e. The number of ether oxygens (including phenoxy) is 1. The van der Waals surface area contributed by atoms with Gasteiger partial charge in [0, 0.05) is 23.1 Å². The predicted molar refractivity (Wildman–Crippen MR) is 94.2 cm³/mol. The Balaban J connectivity index is 2.06. The molecule has 0 saturated heterocycles. The number of amides is 1. The monoisotopic (exact) mass is 346 g/mol. The van der Waals surface area contributed by atoms with Crippen LogP contribution in [0.5, 0.6) is 0 Å². The molecule has 0 spiro atoms. The van der Waals surface area contributed by atoms with Gasteiger partial charge in [0.15, 0.2) is 6.10 Å². The molecule has 134 valence electrons. The van der Waals surface area contributed by atoms with E-state index in [4.69, 9.17) is 4.74 Å². The number of nitrogens with zero attached hydrogens (tertiary/aromatic N) is 1. The maximum Gasteiger partial charge on any atom is 0.340 e. The molecule has 0 aliphatic carbocycles. The van der Waals surface area contributed by atoms with Gasteiger partial charge in [-0.25, -0.2) is 9.18 Å². The lowest BCUT2D eigenvalue weighted by Crippen LogP contribution is -2.30. The Hall–Kier alpha value is -2.63. The Labute approximate surface area is 146 Å². The van der Waals surface area contributed by atoms with Crippen LogP contribution >= 0.6 is 0 Å². The standard InChI is InChI=1S/C19H23FN2O3/c1-11(2)22-12(3)10-17(13(22)4)19(24)25-14(5)18(23)21-16-8-6-15(20)7-9-16/h6-11,14H,1-5H3,(H,21,23)/t14-/m0/s1. The number of nitrogens with one attached hydrogen (secondary N) is 1. The minimum Gasteiger partial charge on any atom is -0.449 e. The third-order valence-electron chi connectivity index (χ3n) is 3.99. The number of hydrogen-bond acceptors (Lipinski definition) is 3. The number of anilines is 1. The molecule has 1 atom stereocenters. The summed E-state index contributed by atoms with van der Waals surface area (Å²) in [6.07, 6.45) is -0.973. The van der Waals surface area contributed by atoms with Gasteiger partial charge >= 0.3 is 5.97 Å². The van der Waals surface area contributed by atoms with Gasteiger partial charge in [0.05, 0.1) is 5.56 Å². The lowest BCUT2D eigenvalue weighted by Gasteiger charge is -2.15. The Bertz CT molecular complexity index is 779. The maximum atomic E-state index is 12.9. The summed E-state index contributed by atoms with van der Waals surface area (Å²) in [5.74, 6) is -1.41. The number of rotatable bonds is 5. The van der Waals surface area contributed by atoms with Gasteiger partial charge in [0.25, 0.3) is 5.91 Å². The first-order valence-corrected chi connectivity index (χ1v) is 8.16. The van der Waals surface area contributed by atoms with Crippen LogP contribution in [-0.4, -0.2) is 22.5 Å². The summed E-state index contributed by atoms with van der Waals surface area (Å²) >= 11 is 0. The Morgan fingerprint density at radius 2 is 1.72 bits per heavy atom. The van der Waals surface area contributed by atoms with Crippen molar-refractivity contribution in [3.05, 3.63) is 53.1 Å². The highest BCUT2D eigenvalue weighted by molar-refractivity contribution is 5.97. The second-order valence-corrected chi connectivity index (χ2v) is 6.29. The molecule has 25 heavy (non-hydrogen) atoms. The lowest BCUT2D eigenvalue weighted by atomic mass is 10.2. The second kappa shape index (κ2) is 7.51. The summed E-state index contributed by atoms with van der Waals surface area (Å²) in [7, 11) is 0. The molecule has 1 amide bonds. The van der Waals surface area contributed by atoms with Crippen molar-refractivity contribution in [1.82, 2.24) is 4.57 Å².